The molecule has 10 heteroatoms. The third-order valence-corrected chi connectivity index (χ3v) is 13.8. The van der Waals surface area contributed by atoms with Crippen molar-refractivity contribution in [1.29, 1.82) is 5.26 Å². The number of β-lactam (4-membered cyclic amide) rings is 1. The molecule has 0 bridgehead atoms. The fourth-order valence-electron chi connectivity index (χ4n) is 4.63. The summed E-state index contributed by atoms with van der Waals surface area (Å²) >= 11 is 0. The number of hydrogen-bond acceptors (Lipinski definition) is 6. The van der Waals surface area contributed by atoms with Gasteiger partial charge in [0.1, 0.15) is 30.4 Å². The van der Waals surface area contributed by atoms with Gasteiger partial charge in [-0.15, -0.1) is 0 Å². The lowest BCUT2D eigenvalue weighted by Crippen LogP contribution is -2.77. The number of hydroxylamine groups is 2. The topological polar surface area (TPSA) is 81.0 Å². The minimum absolute atomic E-state index is 0.107. The Morgan fingerprint density at radius 3 is 2.03 bits per heavy atom. The molecule has 0 radical (unpaired) electrons. The van der Waals surface area contributed by atoms with Gasteiger partial charge >= 0.3 is 0 Å². The number of nitrogens with zero attached hydrogens (tertiary/aromatic N) is 2. The molecule has 1 aromatic rings. The van der Waals surface area contributed by atoms with Gasteiger partial charge in [-0.05, 0) is 69.1 Å². The lowest BCUT2D eigenvalue weighted by molar-refractivity contribution is -0.278. The fraction of sp³-hybridized carbons (Fsp3) is 0.643. The summed E-state index contributed by atoms with van der Waals surface area (Å²) in [7, 11) is -6.82. The van der Waals surface area contributed by atoms with Crippen molar-refractivity contribution in [2.75, 3.05) is 0 Å². The van der Waals surface area contributed by atoms with Crippen molar-refractivity contribution in [1.82, 2.24) is 5.06 Å². The average Bonchev–Trinajstić information content (AvgIpc) is 2.75. The number of nitriles is 1. The molecule has 4 atom stereocenters. The number of rotatable bonds is 9. The van der Waals surface area contributed by atoms with Crippen LogP contribution in [0, 0.1) is 11.3 Å². The Balaban J connectivity index is 2.15. The molecule has 1 saturated heterocycles. The second-order valence-electron chi connectivity index (χ2n) is 14.0. The van der Waals surface area contributed by atoms with Gasteiger partial charge in [0.25, 0.3) is 0 Å². The van der Waals surface area contributed by atoms with Crippen LogP contribution < -0.4 is 0 Å². The zero-order valence-corrected chi connectivity index (χ0v) is 28.0. The van der Waals surface area contributed by atoms with Crippen LogP contribution in [-0.4, -0.2) is 59.3 Å². The van der Waals surface area contributed by atoms with Gasteiger partial charge in [0.2, 0.25) is 5.91 Å². The molecule has 210 valence electrons. The maximum Gasteiger partial charge on any atom is 0.249 e. The second-order valence-corrected chi connectivity index (χ2v) is 27.7. The molecule has 1 aliphatic carbocycles. The summed E-state index contributed by atoms with van der Waals surface area (Å²) in [5, 5.41) is 12.0. The van der Waals surface area contributed by atoms with E-state index in [4.69, 9.17) is 18.1 Å². The van der Waals surface area contributed by atoms with Gasteiger partial charge in [0.15, 0.2) is 30.6 Å². The van der Waals surface area contributed by atoms with E-state index < -0.39 is 48.3 Å². The first-order chi connectivity index (χ1) is 17.3. The summed E-state index contributed by atoms with van der Waals surface area (Å²) in [6.07, 6.45) is 2.60. The Kier molecular flexibility index (Phi) is 8.49. The summed E-state index contributed by atoms with van der Waals surface area (Å²) in [4.78, 5) is 19.2. The van der Waals surface area contributed by atoms with Crippen LogP contribution in [0.2, 0.25) is 57.4 Å². The van der Waals surface area contributed by atoms with Crippen LogP contribution in [0.4, 0.5) is 0 Å². The Bertz CT molecular complexity index is 1080. The second kappa shape index (κ2) is 10.4. The third kappa shape index (κ3) is 6.41. The number of carbonyl (C=O) groups is 1. The first-order valence-electron chi connectivity index (χ1n) is 13.4. The zero-order chi connectivity index (χ0) is 28.8. The fourth-order valence-corrected chi connectivity index (χ4v) is 8.25. The highest BCUT2D eigenvalue weighted by Crippen LogP contribution is 2.50. The quantitative estimate of drug-likeness (QED) is 0.193. The molecule has 0 unspecified atom stereocenters. The summed E-state index contributed by atoms with van der Waals surface area (Å²) in [5.41, 5.74) is -1.26. The molecule has 0 N–H and O–H groups in total. The Labute approximate surface area is 232 Å². The molecule has 0 saturated carbocycles. The number of hydrogen-bond donors (Lipinski definition) is 0. The van der Waals surface area contributed by atoms with Crippen molar-refractivity contribution >= 4 is 30.9 Å². The molecule has 1 heterocycles. The van der Waals surface area contributed by atoms with E-state index in [0.717, 1.165) is 5.56 Å². The monoisotopic (exact) mass is 574 g/mol. The molecule has 1 fully saturated rings. The summed E-state index contributed by atoms with van der Waals surface area (Å²) in [5.74, 6) is -0.114. The summed E-state index contributed by atoms with van der Waals surface area (Å²) in [6, 6.07) is 12.3. The van der Waals surface area contributed by atoms with Crippen molar-refractivity contribution in [2.24, 2.45) is 0 Å². The zero-order valence-electron chi connectivity index (χ0n) is 25.0. The lowest BCUT2D eigenvalue weighted by atomic mass is 9.70. The van der Waals surface area contributed by atoms with Crippen LogP contribution >= 0.6 is 0 Å². The normalized spacial score (nSPS) is 28.4. The molecule has 1 aliphatic heterocycles. The number of benzene rings is 1. The largest absolute Gasteiger partial charge is 0.409 e. The van der Waals surface area contributed by atoms with E-state index in [1.54, 1.807) is 0 Å². The first kappa shape index (κ1) is 30.9. The highest BCUT2D eigenvalue weighted by molar-refractivity contribution is 6.74. The van der Waals surface area contributed by atoms with Crippen molar-refractivity contribution in [2.45, 2.75) is 115 Å². The van der Waals surface area contributed by atoms with E-state index in [9.17, 15) is 10.1 Å². The van der Waals surface area contributed by atoms with Crippen LogP contribution in [0.1, 0.15) is 32.8 Å². The predicted molar refractivity (Wildman–Crippen MR) is 158 cm³/mol. The van der Waals surface area contributed by atoms with Gasteiger partial charge in [0.05, 0.1) is 6.42 Å². The minimum atomic E-state index is -2.41. The highest BCUT2D eigenvalue weighted by atomic mass is 28.4. The molecule has 38 heavy (non-hydrogen) atoms. The summed E-state index contributed by atoms with van der Waals surface area (Å²) in [6.45, 7) is 23.7. The van der Waals surface area contributed by atoms with Crippen LogP contribution in [0.3, 0.4) is 0 Å². The van der Waals surface area contributed by atoms with Crippen molar-refractivity contribution in [3.8, 4) is 6.07 Å². The molecule has 3 rings (SSSR count). The molecule has 2 aliphatic rings. The predicted octanol–water partition coefficient (Wildman–Crippen LogP) is 6.38. The molecule has 7 nitrogen and oxygen atoms in total. The van der Waals surface area contributed by atoms with Gasteiger partial charge in [-0.3, -0.25) is 9.63 Å². The molecular formula is C28H46N2O5Si3. The van der Waals surface area contributed by atoms with Crippen molar-refractivity contribution in [3.63, 3.8) is 0 Å². The highest BCUT2D eigenvalue weighted by Gasteiger charge is 2.67. The van der Waals surface area contributed by atoms with E-state index in [2.05, 4.69) is 79.2 Å². The van der Waals surface area contributed by atoms with Crippen LogP contribution in [0.5, 0.6) is 0 Å². The van der Waals surface area contributed by atoms with Crippen LogP contribution in [0.25, 0.3) is 0 Å². The maximum atomic E-state index is 13.0. The standard InChI is InChI=1S/C28H46N2O5Si3/c1-26(2,3)38(10,11)34-25-24(33-36(4,5)6)27(17-18-28(25,21-29)35-37(7,8)9)19-23(31)30(27)32-20-22-15-13-12-14-16-22/h12-18,24-25H,19-20H2,1-11H3/t24-,25+,27+,28+/m1/s1. The third-order valence-electron chi connectivity index (χ3n) is 7.41. The molecule has 0 aromatic heterocycles. The smallest absolute Gasteiger partial charge is 0.249 e. The van der Waals surface area contributed by atoms with Crippen molar-refractivity contribution < 1.29 is 22.9 Å². The van der Waals surface area contributed by atoms with E-state index in [-0.39, 0.29) is 24.0 Å². The first-order valence-corrected chi connectivity index (χ1v) is 23.2. The van der Waals surface area contributed by atoms with E-state index in [0.29, 0.717) is 0 Å². The number of carbonyl (C=O) groups excluding carboxylic acids is 1. The molecule has 1 amide bonds. The molecule has 1 spiro atoms. The summed E-state index contributed by atoms with van der Waals surface area (Å²) < 4.78 is 20.7. The molecule has 1 aromatic carbocycles. The SMILES string of the molecule is CC(C)(C)[Si](C)(C)O[C@H]1[C@@H](O[Si](C)(C)C)[C@]2(C=C[C@@]1(C#N)O[Si](C)(C)C)CC(=O)N2OCc1ccccc1. The van der Waals surface area contributed by atoms with E-state index in [1.165, 1.54) is 5.06 Å². The number of amides is 1. The van der Waals surface area contributed by atoms with Crippen molar-refractivity contribution in [3.05, 3.63) is 48.0 Å². The Morgan fingerprint density at radius 1 is 0.947 bits per heavy atom. The van der Waals surface area contributed by atoms with Gasteiger partial charge in [-0.1, -0.05) is 57.2 Å². The van der Waals surface area contributed by atoms with Gasteiger partial charge in [-0.25, -0.2) is 5.06 Å². The van der Waals surface area contributed by atoms with Gasteiger partial charge < -0.3 is 13.3 Å². The minimum Gasteiger partial charge on any atom is -0.409 e. The van der Waals surface area contributed by atoms with Gasteiger partial charge in [-0.2, -0.15) is 5.26 Å². The van der Waals surface area contributed by atoms with E-state index in [1.807, 2.05) is 42.5 Å². The molecular weight excluding hydrogens is 529 g/mol. The lowest BCUT2D eigenvalue weighted by Gasteiger charge is -2.60. The maximum absolute atomic E-state index is 13.0. The van der Waals surface area contributed by atoms with Crippen LogP contribution in [0.15, 0.2) is 42.5 Å². The average molecular weight is 575 g/mol. The van der Waals surface area contributed by atoms with E-state index >= 15 is 0 Å². The Morgan fingerprint density at radius 2 is 1.55 bits per heavy atom. The van der Waals surface area contributed by atoms with Gasteiger partial charge in [0, 0.05) is 0 Å². The Hall–Kier alpha value is -1.59. The van der Waals surface area contributed by atoms with Crippen LogP contribution in [-0.2, 0) is 29.5 Å².